The summed E-state index contributed by atoms with van der Waals surface area (Å²) in [5.74, 6) is 0. The van der Waals surface area contributed by atoms with Gasteiger partial charge < -0.3 is 0 Å². The molecule has 0 amide bonds. The van der Waals surface area contributed by atoms with Crippen LogP contribution < -0.4 is 17.1 Å². The Bertz CT molecular complexity index is 792. The molecule has 7 heteroatoms. The molecule has 1 heterocycles. The molecule has 0 unspecified atom stereocenters. The van der Waals surface area contributed by atoms with Gasteiger partial charge in [-0.3, -0.25) is 0 Å². The Labute approximate surface area is 182 Å². The number of nitrogens with zero attached hydrogens (tertiary/aromatic N) is 3. The molecule has 30 heavy (non-hydrogen) atoms. The highest BCUT2D eigenvalue weighted by molar-refractivity contribution is 6.78. The fraction of sp³-hybridized carbons (Fsp3) is 0.696. The predicted molar refractivity (Wildman–Crippen MR) is 129 cm³/mol. The smallest absolute Gasteiger partial charge is 0.248 e. The first-order valence-electron chi connectivity index (χ1n) is 11.6. The third kappa shape index (κ3) is 6.82. The number of unbranched alkanes of at least 4 members (excludes halogenated alkanes) is 4. The second-order valence-corrected chi connectivity index (χ2v) is 13.2. The van der Waals surface area contributed by atoms with Gasteiger partial charge in [0.15, 0.2) is 0 Å². The molecule has 1 rings (SSSR count). The molecule has 1 aromatic rings. The fourth-order valence-corrected chi connectivity index (χ4v) is 9.59. The summed E-state index contributed by atoms with van der Waals surface area (Å²) in [6.07, 6.45) is 11.6. The summed E-state index contributed by atoms with van der Waals surface area (Å²) in [5, 5.41) is 0. The lowest BCUT2D eigenvalue weighted by molar-refractivity contribution is 0.504. The molecular weight excluding hydrogens is 394 g/mol. The van der Waals surface area contributed by atoms with Gasteiger partial charge in [-0.25, -0.2) is 28.1 Å². The average molecular weight is 436 g/mol. The molecule has 170 valence electrons. The Morgan fingerprint density at radius 1 is 0.667 bits per heavy atom. The van der Waals surface area contributed by atoms with Crippen LogP contribution in [0.5, 0.6) is 0 Å². The Hall–Kier alpha value is -1.89. The molecule has 0 aliphatic heterocycles. The summed E-state index contributed by atoms with van der Waals surface area (Å²) in [5.41, 5.74) is -1.57. The van der Waals surface area contributed by atoms with Gasteiger partial charge in [0.1, 0.15) is 0 Å². The topological polar surface area (TPSA) is 66.0 Å². The van der Waals surface area contributed by atoms with E-state index in [4.69, 9.17) is 0 Å². The normalized spacial score (nSPS) is 11.6. The van der Waals surface area contributed by atoms with Gasteiger partial charge >= 0.3 is 17.1 Å². The van der Waals surface area contributed by atoms with Gasteiger partial charge in [0, 0.05) is 6.17 Å². The number of hydrogen-bond acceptors (Lipinski definition) is 3. The molecule has 0 aliphatic carbocycles. The second-order valence-electron chi connectivity index (χ2n) is 8.40. The van der Waals surface area contributed by atoms with Crippen LogP contribution in [0.4, 0.5) is 0 Å². The van der Waals surface area contributed by atoms with Crippen molar-refractivity contribution in [1.29, 1.82) is 0 Å². The largest absolute Gasteiger partial charge is 0.336 e. The molecule has 0 atom stereocenters. The van der Waals surface area contributed by atoms with Crippen molar-refractivity contribution >= 4 is 8.07 Å². The first kappa shape index (κ1) is 26.1. The Kier molecular flexibility index (Phi) is 11.7. The number of rotatable bonds is 16. The predicted octanol–water partition coefficient (Wildman–Crippen LogP) is 4.32. The van der Waals surface area contributed by atoms with Crippen LogP contribution in [0.15, 0.2) is 39.7 Å². The minimum absolute atomic E-state index is 0.100. The van der Waals surface area contributed by atoms with Gasteiger partial charge in [-0.15, -0.1) is 13.2 Å². The monoisotopic (exact) mass is 435 g/mol. The molecule has 1 aromatic heterocycles. The molecule has 0 saturated heterocycles. The van der Waals surface area contributed by atoms with Crippen LogP contribution in [-0.4, -0.2) is 21.8 Å². The third-order valence-electron chi connectivity index (χ3n) is 5.90. The maximum atomic E-state index is 13.2. The molecule has 6 nitrogen and oxygen atoms in total. The van der Waals surface area contributed by atoms with Crippen LogP contribution in [0.3, 0.4) is 0 Å². The third-order valence-corrected chi connectivity index (χ3v) is 11.3. The first-order chi connectivity index (χ1) is 14.4. The van der Waals surface area contributed by atoms with Crippen molar-refractivity contribution in [1.82, 2.24) is 13.7 Å². The van der Waals surface area contributed by atoms with Crippen molar-refractivity contribution < 1.29 is 0 Å². The van der Waals surface area contributed by atoms with Crippen LogP contribution in [-0.2, 0) is 19.3 Å². The quantitative estimate of drug-likeness (QED) is 0.221. The van der Waals surface area contributed by atoms with Crippen molar-refractivity contribution in [3.05, 3.63) is 56.8 Å². The summed E-state index contributed by atoms with van der Waals surface area (Å²) < 4.78 is 3.61. The molecule has 0 aromatic carbocycles. The van der Waals surface area contributed by atoms with E-state index in [1.54, 1.807) is 0 Å². The summed E-state index contributed by atoms with van der Waals surface area (Å²) in [6.45, 7) is 14.1. The number of allylic oxidation sites excluding steroid dienone is 2. The summed E-state index contributed by atoms with van der Waals surface area (Å²) in [7, 11) is -1.90. The Balaban J connectivity index is 3.55. The van der Waals surface area contributed by atoms with E-state index in [1.165, 1.54) is 29.6 Å². The molecule has 0 spiro atoms. The zero-order valence-corrected chi connectivity index (χ0v) is 20.3. The van der Waals surface area contributed by atoms with Gasteiger partial charge in [0.05, 0.1) is 21.2 Å². The van der Waals surface area contributed by atoms with E-state index in [1.807, 2.05) is 0 Å². The van der Waals surface area contributed by atoms with Gasteiger partial charge in [-0.1, -0.05) is 96.0 Å². The lowest BCUT2D eigenvalue weighted by Gasteiger charge is -2.32. The van der Waals surface area contributed by atoms with Crippen molar-refractivity contribution in [2.75, 3.05) is 0 Å². The van der Waals surface area contributed by atoms with Gasteiger partial charge in [-0.2, -0.15) is 0 Å². The van der Waals surface area contributed by atoms with E-state index in [0.717, 1.165) is 59.4 Å². The molecular formula is C23H41N3O3Si. The SMILES string of the molecule is C=CCn1c(=O)n(CC=C)c(=O)n(C[Si](CCC)(CCCCC)CCCCC)c1=O. The highest BCUT2D eigenvalue weighted by atomic mass is 28.3. The molecule has 0 aliphatic rings. The molecule has 0 radical (unpaired) electrons. The molecule has 0 bridgehead atoms. The van der Waals surface area contributed by atoms with Gasteiger partial charge in [0.25, 0.3) is 0 Å². The second kappa shape index (κ2) is 13.4. The minimum Gasteiger partial charge on any atom is -0.248 e. The van der Waals surface area contributed by atoms with Gasteiger partial charge in [-0.05, 0) is 0 Å². The van der Waals surface area contributed by atoms with Crippen LogP contribution in [0.25, 0.3) is 0 Å². The molecule has 0 saturated carbocycles. The van der Waals surface area contributed by atoms with Crippen molar-refractivity contribution in [2.24, 2.45) is 0 Å². The lowest BCUT2D eigenvalue weighted by atomic mass is 10.3. The van der Waals surface area contributed by atoms with E-state index in [0.29, 0.717) is 6.17 Å². The fourth-order valence-electron chi connectivity index (χ4n) is 4.37. The van der Waals surface area contributed by atoms with E-state index < -0.39 is 25.1 Å². The van der Waals surface area contributed by atoms with E-state index in [-0.39, 0.29) is 13.1 Å². The summed E-state index contributed by atoms with van der Waals surface area (Å²) in [4.78, 5) is 39.0. The first-order valence-corrected chi connectivity index (χ1v) is 14.4. The highest BCUT2D eigenvalue weighted by Crippen LogP contribution is 2.29. The van der Waals surface area contributed by atoms with Crippen LogP contribution in [0.2, 0.25) is 18.1 Å². The Morgan fingerprint density at radius 2 is 1.10 bits per heavy atom. The zero-order chi connectivity index (χ0) is 22.6. The van der Waals surface area contributed by atoms with E-state index >= 15 is 0 Å². The lowest BCUT2D eigenvalue weighted by Crippen LogP contribution is -2.57. The summed E-state index contributed by atoms with van der Waals surface area (Å²) >= 11 is 0. The van der Waals surface area contributed by atoms with Gasteiger partial charge in [0.2, 0.25) is 0 Å². The maximum Gasteiger partial charge on any atom is 0.336 e. The van der Waals surface area contributed by atoms with E-state index in [2.05, 4.69) is 33.9 Å². The Morgan fingerprint density at radius 3 is 1.47 bits per heavy atom. The highest BCUT2D eigenvalue weighted by Gasteiger charge is 2.33. The zero-order valence-electron chi connectivity index (χ0n) is 19.3. The number of hydrogen-bond donors (Lipinski definition) is 0. The number of aromatic nitrogens is 3. The average Bonchev–Trinajstić information content (AvgIpc) is 2.72. The van der Waals surface area contributed by atoms with Crippen LogP contribution in [0.1, 0.15) is 65.7 Å². The molecule has 0 fully saturated rings. The van der Waals surface area contributed by atoms with Crippen molar-refractivity contribution in [2.45, 2.75) is 103 Å². The molecule has 0 N–H and O–H groups in total. The van der Waals surface area contributed by atoms with Crippen molar-refractivity contribution in [3.8, 4) is 0 Å². The summed E-state index contributed by atoms with van der Waals surface area (Å²) in [6, 6.07) is 3.37. The van der Waals surface area contributed by atoms with Crippen LogP contribution >= 0.6 is 0 Å². The van der Waals surface area contributed by atoms with E-state index in [9.17, 15) is 14.4 Å². The maximum absolute atomic E-state index is 13.2. The standard InChI is InChI=1S/C23H41N3O3Si/c1-6-11-13-18-30(17-10-5,19-14-12-7-2)20-26-22(28)24(15-8-3)21(27)25(16-9-4)23(26)29/h8-9H,3-4,6-7,10-20H2,1-2,5H3. The van der Waals surface area contributed by atoms with Crippen molar-refractivity contribution in [3.63, 3.8) is 0 Å². The minimum atomic E-state index is -1.90. The van der Waals surface area contributed by atoms with Crippen LogP contribution in [0, 0.1) is 0 Å².